The van der Waals surface area contributed by atoms with Gasteiger partial charge in [-0.2, -0.15) is 4.99 Å². The number of carbonyl (C=O) groups excluding carboxylic acids is 1. The molecule has 0 aromatic heterocycles. The first-order chi connectivity index (χ1) is 13.8. The topological polar surface area (TPSA) is 66.8 Å². The number of sulfone groups is 1. The highest BCUT2D eigenvalue weighted by Crippen LogP contribution is 2.39. The lowest BCUT2D eigenvalue weighted by Gasteiger charge is -2.25. The average Bonchev–Trinajstić information content (AvgIpc) is 3.11. The molecule has 0 N–H and O–H groups in total. The van der Waals surface area contributed by atoms with Crippen LogP contribution in [0.15, 0.2) is 53.5 Å². The molecule has 0 aliphatic carbocycles. The zero-order valence-electron chi connectivity index (χ0n) is 15.3. The Morgan fingerprint density at radius 2 is 1.66 bits per heavy atom. The van der Waals surface area contributed by atoms with Gasteiger partial charge in [0, 0.05) is 21.8 Å². The van der Waals surface area contributed by atoms with E-state index in [-0.39, 0.29) is 35.1 Å². The van der Waals surface area contributed by atoms with Crippen molar-refractivity contribution in [3.05, 3.63) is 69.7 Å². The van der Waals surface area contributed by atoms with Gasteiger partial charge in [0.2, 0.25) is 0 Å². The Morgan fingerprint density at radius 1 is 1.03 bits per heavy atom. The Hall–Kier alpha value is -1.54. The molecule has 2 saturated heterocycles. The maximum absolute atomic E-state index is 12.6. The van der Waals surface area contributed by atoms with Gasteiger partial charge in [-0.3, -0.25) is 4.79 Å². The second-order valence-corrected chi connectivity index (χ2v) is 11.3. The van der Waals surface area contributed by atoms with Crippen molar-refractivity contribution < 1.29 is 13.2 Å². The predicted octanol–water partition coefficient (Wildman–Crippen LogP) is 3.83. The van der Waals surface area contributed by atoms with Gasteiger partial charge in [0.25, 0.3) is 5.91 Å². The maximum Gasteiger partial charge on any atom is 0.252 e. The van der Waals surface area contributed by atoms with Gasteiger partial charge < -0.3 is 4.90 Å². The van der Waals surface area contributed by atoms with Crippen LogP contribution in [0.25, 0.3) is 0 Å². The summed E-state index contributed by atoms with van der Waals surface area (Å²) in [6, 6.07) is 14.4. The molecule has 29 heavy (non-hydrogen) atoms. The van der Waals surface area contributed by atoms with Gasteiger partial charge in [0.15, 0.2) is 15.0 Å². The summed E-state index contributed by atoms with van der Waals surface area (Å²) in [5.74, 6) is -0.154. The fraction of sp³-hybridized carbons (Fsp3) is 0.300. The van der Waals surface area contributed by atoms with E-state index in [1.165, 1.54) is 11.8 Å². The number of halogens is 2. The molecule has 0 saturated carbocycles. The Kier molecular flexibility index (Phi) is 5.93. The van der Waals surface area contributed by atoms with Crippen LogP contribution in [0.5, 0.6) is 0 Å². The molecule has 4 rings (SSSR count). The summed E-state index contributed by atoms with van der Waals surface area (Å²) >= 11 is 13.8. The number of thioether (sulfide) groups is 1. The lowest BCUT2D eigenvalue weighted by Crippen LogP contribution is -2.37. The normalized spacial score (nSPS) is 24.1. The van der Waals surface area contributed by atoms with Crippen molar-refractivity contribution in [2.45, 2.75) is 24.3 Å². The van der Waals surface area contributed by atoms with Crippen LogP contribution >= 0.6 is 35.0 Å². The summed E-state index contributed by atoms with van der Waals surface area (Å²) in [5, 5.41) is 1.54. The third-order valence-corrected chi connectivity index (χ3v) is 8.98. The fourth-order valence-corrected chi connectivity index (χ4v) is 7.95. The van der Waals surface area contributed by atoms with E-state index in [4.69, 9.17) is 23.2 Å². The Balaban J connectivity index is 1.60. The predicted molar refractivity (Wildman–Crippen MR) is 118 cm³/mol. The molecule has 0 spiro atoms. The largest absolute Gasteiger partial charge is 0.342 e. The number of benzene rings is 2. The molecule has 2 heterocycles. The van der Waals surface area contributed by atoms with Gasteiger partial charge in [0.05, 0.1) is 24.0 Å². The summed E-state index contributed by atoms with van der Waals surface area (Å²) < 4.78 is 24.3. The van der Waals surface area contributed by atoms with E-state index in [9.17, 15) is 13.2 Å². The van der Waals surface area contributed by atoms with E-state index in [1.54, 1.807) is 18.2 Å². The van der Waals surface area contributed by atoms with Crippen LogP contribution in [-0.2, 0) is 27.6 Å². The molecular formula is C20H18Cl2N2O3S2. The van der Waals surface area contributed by atoms with Crippen molar-refractivity contribution in [1.29, 1.82) is 0 Å². The first kappa shape index (κ1) is 20.7. The fourth-order valence-electron chi connectivity index (χ4n) is 3.58. The van der Waals surface area contributed by atoms with Crippen LogP contribution < -0.4 is 0 Å². The average molecular weight is 469 g/mol. The van der Waals surface area contributed by atoms with Crippen molar-refractivity contribution in [3.63, 3.8) is 0 Å². The molecule has 2 aromatic carbocycles. The van der Waals surface area contributed by atoms with Gasteiger partial charge in [-0.05, 0) is 23.3 Å². The van der Waals surface area contributed by atoms with Crippen LogP contribution in [0, 0.1) is 0 Å². The molecule has 9 heteroatoms. The first-order valence-electron chi connectivity index (χ1n) is 9.04. The maximum atomic E-state index is 12.6. The van der Waals surface area contributed by atoms with E-state index in [0.717, 1.165) is 5.56 Å². The van der Waals surface area contributed by atoms with Crippen LogP contribution in [0.2, 0.25) is 10.0 Å². The zero-order valence-corrected chi connectivity index (χ0v) is 18.4. The first-order valence-corrected chi connectivity index (χ1v) is 12.5. The number of amidine groups is 1. The molecule has 152 valence electrons. The second-order valence-electron chi connectivity index (χ2n) is 7.08. The number of amides is 1. The van der Waals surface area contributed by atoms with Crippen molar-refractivity contribution in [2.75, 3.05) is 11.5 Å². The molecule has 2 fully saturated rings. The summed E-state index contributed by atoms with van der Waals surface area (Å²) in [6.45, 7) is 0.404. The molecule has 2 aliphatic heterocycles. The van der Waals surface area contributed by atoms with E-state index in [0.29, 0.717) is 27.3 Å². The lowest BCUT2D eigenvalue weighted by atomic mass is 10.1. The molecule has 0 radical (unpaired) electrons. The van der Waals surface area contributed by atoms with Gasteiger partial charge in [-0.15, -0.1) is 0 Å². The number of carbonyl (C=O) groups is 1. The molecule has 5 nitrogen and oxygen atoms in total. The van der Waals surface area contributed by atoms with E-state index < -0.39 is 9.84 Å². The highest BCUT2D eigenvalue weighted by Gasteiger charge is 2.48. The van der Waals surface area contributed by atoms with Crippen LogP contribution in [0.3, 0.4) is 0 Å². The lowest BCUT2D eigenvalue weighted by molar-refractivity contribution is -0.117. The summed E-state index contributed by atoms with van der Waals surface area (Å²) in [7, 11) is -3.10. The zero-order chi connectivity index (χ0) is 20.6. The molecule has 0 unspecified atom stereocenters. The molecular weight excluding hydrogens is 451 g/mol. The number of fused-ring (bicyclic) bond motifs is 1. The molecule has 2 atom stereocenters. The Labute approximate surface area is 184 Å². The summed E-state index contributed by atoms with van der Waals surface area (Å²) in [5.41, 5.74) is 1.58. The Morgan fingerprint density at radius 3 is 2.31 bits per heavy atom. The third kappa shape index (κ3) is 4.63. The van der Waals surface area contributed by atoms with E-state index in [1.807, 2.05) is 35.2 Å². The molecule has 2 aliphatic rings. The van der Waals surface area contributed by atoms with Crippen molar-refractivity contribution in [2.24, 2.45) is 4.99 Å². The molecule has 1 amide bonds. The van der Waals surface area contributed by atoms with Crippen molar-refractivity contribution in [1.82, 2.24) is 4.90 Å². The highest BCUT2D eigenvalue weighted by atomic mass is 35.5. The number of hydrogen-bond acceptors (Lipinski definition) is 4. The van der Waals surface area contributed by atoms with Crippen LogP contribution in [0.4, 0.5) is 0 Å². The number of hydrogen-bond donors (Lipinski definition) is 0. The summed E-state index contributed by atoms with van der Waals surface area (Å²) in [6.07, 6.45) is 0.0945. The van der Waals surface area contributed by atoms with Gasteiger partial charge >= 0.3 is 0 Å². The SMILES string of the molecule is O=C(Cc1ccccc1Cl)N=C1S[C@H]2CS(=O)(=O)C[C@@H]2N1Cc1ccccc1Cl. The van der Waals surface area contributed by atoms with Crippen LogP contribution in [0.1, 0.15) is 11.1 Å². The van der Waals surface area contributed by atoms with E-state index >= 15 is 0 Å². The number of aliphatic imine (C=N–C) groups is 1. The quantitative estimate of drug-likeness (QED) is 0.681. The minimum atomic E-state index is -3.10. The minimum Gasteiger partial charge on any atom is -0.342 e. The van der Waals surface area contributed by atoms with Gasteiger partial charge in [-0.1, -0.05) is 71.4 Å². The Bertz CT molecular complexity index is 1090. The van der Waals surface area contributed by atoms with E-state index in [2.05, 4.69) is 4.99 Å². The highest BCUT2D eigenvalue weighted by molar-refractivity contribution is 8.15. The second kappa shape index (κ2) is 8.30. The van der Waals surface area contributed by atoms with Crippen molar-refractivity contribution in [3.8, 4) is 0 Å². The smallest absolute Gasteiger partial charge is 0.252 e. The van der Waals surface area contributed by atoms with Crippen LogP contribution in [-0.4, -0.2) is 47.2 Å². The monoisotopic (exact) mass is 468 g/mol. The summed E-state index contributed by atoms with van der Waals surface area (Å²) in [4.78, 5) is 18.8. The van der Waals surface area contributed by atoms with Gasteiger partial charge in [0.1, 0.15) is 0 Å². The van der Waals surface area contributed by atoms with Gasteiger partial charge in [-0.25, -0.2) is 8.42 Å². The number of nitrogens with zero attached hydrogens (tertiary/aromatic N) is 2. The number of rotatable bonds is 4. The van der Waals surface area contributed by atoms with Crippen molar-refractivity contribution >= 4 is 55.9 Å². The minimum absolute atomic E-state index is 0.0623. The third-order valence-electron chi connectivity index (χ3n) is 4.99. The molecule has 0 bridgehead atoms. The standard InChI is InChI=1S/C20H18Cl2N2O3S2/c21-15-7-3-1-5-13(15)9-19(25)23-20-24(10-14-6-2-4-8-16(14)22)17-11-29(26,27)12-18(17)28-20/h1-8,17-18H,9-12H2/t17-,18-/m0/s1. The molecule has 2 aromatic rings.